The number of fused-ring (bicyclic) bond motifs is 1. The number of carbonyl (C=O) groups excluding carboxylic acids is 1. The first-order valence-electron chi connectivity index (χ1n) is 6.21. The molecular weight excluding hydrogens is 231 g/mol. The third kappa shape index (κ3) is 1.98. The molecule has 94 valence electrons. The van der Waals surface area contributed by atoms with Crippen molar-refractivity contribution in [2.24, 2.45) is 0 Å². The van der Waals surface area contributed by atoms with Gasteiger partial charge in [-0.25, -0.2) is 4.39 Å². The van der Waals surface area contributed by atoms with Gasteiger partial charge in [-0.05, 0) is 49.4 Å². The maximum Gasteiger partial charge on any atom is 0.242 e. The van der Waals surface area contributed by atoms with Gasteiger partial charge in [-0.3, -0.25) is 4.79 Å². The molecule has 1 fully saturated rings. The predicted octanol–water partition coefficient (Wildman–Crippen LogP) is 2.62. The molecule has 1 aromatic heterocycles. The molecule has 1 N–H and O–H groups in total. The summed E-state index contributed by atoms with van der Waals surface area (Å²) < 4.78 is 15.1. The molecule has 1 heterocycles. The molecule has 3 nitrogen and oxygen atoms in total. The summed E-state index contributed by atoms with van der Waals surface area (Å²) in [5.74, 6) is -0.281. The van der Waals surface area contributed by atoms with Gasteiger partial charge in [0.05, 0.1) is 5.52 Å². The van der Waals surface area contributed by atoms with Crippen LogP contribution in [0, 0.1) is 5.82 Å². The lowest BCUT2D eigenvalue weighted by Crippen LogP contribution is -2.32. The van der Waals surface area contributed by atoms with Crippen molar-refractivity contribution in [1.29, 1.82) is 0 Å². The highest BCUT2D eigenvalue weighted by Crippen LogP contribution is 2.23. The summed E-state index contributed by atoms with van der Waals surface area (Å²) in [5.41, 5.74) is 0.758. The largest absolute Gasteiger partial charge is 0.352 e. The van der Waals surface area contributed by atoms with Crippen LogP contribution in [0.2, 0.25) is 0 Å². The van der Waals surface area contributed by atoms with E-state index in [-0.39, 0.29) is 17.8 Å². The molecule has 4 heteroatoms. The van der Waals surface area contributed by atoms with Gasteiger partial charge in [-0.15, -0.1) is 0 Å². The molecule has 1 aliphatic rings. The summed E-state index contributed by atoms with van der Waals surface area (Å²) in [4.78, 5) is 12.0. The van der Waals surface area contributed by atoms with Gasteiger partial charge in [0.2, 0.25) is 5.91 Å². The summed E-state index contributed by atoms with van der Waals surface area (Å²) in [6.07, 6.45) is 3.97. The van der Waals surface area contributed by atoms with Crippen LogP contribution in [0.5, 0.6) is 0 Å². The fourth-order valence-corrected chi connectivity index (χ4v) is 2.14. The normalized spacial score (nSPS) is 16.8. The zero-order valence-electron chi connectivity index (χ0n) is 10.2. The van der Waals surface area contributed by atoms with Gasteiger partial charge >= 0.3 is 0 Å². The summed E-state index contributed by atoms with van der Waals surface area (Å²) in [5, 5.41) is 3.91. The second kappa shape index (κ2) is 4.12. The van der Waals surface area contributed by atoms with Crippen LogP contribution >= 0.6 is 0 Å². The van der Waals surface area contributed by atoms with E-state index in [0.29, 0.717) is 6.04 Å². The van der Waals surface area contributed by atoms with E-state index in [2.05, 4.69) is 5.32 Å². The minimum Gasteiger partial charge on any atom is -0.352 e. The molecule has 18 heavy (non-hydrogen) atoms. The Labute approximate surface area is 105 Å². The highest BCUT2D eigenvalue weighted by atomic mass is 19.1. The number of aromatic nitrogens is 1. The van der Waals surface area contributed by atoms with Gasteiger partial charge in [0.15, 0.2) is 0 Å². The predicted molar refractivity (Wildman–Crippen MR) is 67.8 cm³/mol. The fourth-order valence-electron chi connectivity index (χ4n) is 2.14. The molecule has 0 bridgehead atoms. The Balaban J connectivity index is 1.92. The molecule has 2 aromatic rings. The maximum atomic E-state index is 13.3. The molecule has 1 aromatic carbocycles. The summed E-state index contributed by atoms with van der Waals surface area (Å²) >= 11 is 0. The average Bonchev–Trinajstić information content (AvgIpc) is 3.06. The van der Waals surface area contributed by atoms with Gasteiger partial charge in [-0.2, -0.15) is 0 Å². The molecule has 1 unspecified atom stereocenters. The van der Waals surface area contributed by atoms with Crippen LogP contribution in [0.4, 0.5) is 4.39 Å². The lowest BCUT2D eigenvalue weighted by atomic mass is 10.2. The number of amides is 1. The van der Waals surface area contributed by atoms with Crippen molar-refractivity contribution in [3.63, 3.8) is 0 Å². The quantitative estimate of drug-likeness (QED) is 0.887. The number of hydrogen-bond acceptors (Lipinski definition) is 1. The van der Waals surface area contributed by atoms with Crippen LogP contribution in [0.15, 0.2) is 30.5 Å². The minimum atomic E-state index is -0.315. The molecule has 1 saturated carbocycles. The highest BCUT2D eigenvalue weighted by Gasteiger charge is 2.26. The second-order valence-electron chi connectivity index (χ2n) is 4.88. The number of benzene rings is 1. The van der Waals surface area contributed by atoms with Crippen LogP contribution in [-0.2, 0) is 4.79 Å². The molecule has 3 rings (SSSR count). The molecule has 0 saturated heterocycles. The van der Waals surface area contributed by atoms with Crippen molar-refractivity contribution in [1.82, 2.24) is 9.88 Å². The molecule has 0 aliphatic heterocycles. The van der Waals surface area contributed by atoms with E-state index in [1.54, 1.807) is 6.07 Å². The number of halogens is 1. The monoisotopic (exact) mass is 246 g/mol. The van der Waals surface area contributed by atoms with Gasteiger partial charge in [0, 0.05) is 12.2 Å². The van der Waals surface area contributed by atoms with Crippen molar-refractivity contribution < 1.29 is 9.18 Å². The number of nitrogens with zero attached hydrogens (tertiary/aromatic N) is 1. The lowest BCUT2D eigenvalue weighted by Gasteiger charge is -2.15. The third-order valence-corrected chi connectivity index (χ3v) is 3.41. The van der Waals surface area contributed by atoms with E-state index >= 15 is 0 Å². The zero-order valence-corrected chi connectivity index (χ0v) is 10.2. The molecule has 1 aliphatic carbocycles. The van der Waals surface area contributed by atoms with Crippen LogP contribution < -0.4 is 5.32 Å². The Morgan fingerprint density at radius 1 is 1.44 bits per heavy atom. The second-order valence-corrected chi connectivity index (χ2v) is 4.88. The average molecular weight is 246 g/mol. The summed E-state index contributed by atoms with van der Waals surface area (Å²) in [7, 11) is 0. The third-order valence-electron chi connectivity index (χ3n) is 3.41. The van der Waals surface area contributed by atoms with Crippen molar-refractivity contribution in [3.05, 3.63) is 36.3 Å². The number of nitrogens with one attached hydrogen (secondary N) is 1. The Kier molecular flexibility index (Phi) is 2.58. The van der Waals surface area contributed by atoms with Crippen molar-refractivity contribution in [2.75, 3.05) is 0 Å². The van der Waals surface area contributed by atoms with Crippen LogP contribution in [-0.4, -0.2) is 16.5 Å². The van der Waals surface area contributed by atoms with E-state index < -0.39 is 0 Å². The van der Waals surface area contributed by atoms with Crippen LogP contribution in [0.3, 0.4) is 0 Å². The van der Waals surface area contributed by atoms with Crippen LogP contribution in [0.1, 0.15) is 25.8 Å². The Morgan fingerprint density at radius 3 is 2.94 bits per heavy atom. The zero-order chi connectivity index (χ0) is 12.7. The first-order chi connectivity index (χ1) is 8.65. The number of carbonyl (C=O) groups is 1. The number of rotatable bonds is 3. The standard InChI is InChI=1S/C14H15FN2O/c1-9(14(18)16-12-4-5-12)17-7-6-10-2-3-11(15)8-13(10)17/h2-3,6-9,12H,4-5H2,1H3,(H,16,18). The van der Waals surface area contributed by atoms with Crippen molar-refractivity contribution in [3.8, 4) is 0 Å². The summed E-state index contributed by atoms with van der Waals surface area (Å²) in [6, 6.07) is 6.56. The summed E-state index contributed by atoms with van der Waals surface area (Å²) in [6.45, 7) is 1.84. The Hall–Kier alpha value is -1.84. The number of hydrogen-bond donors (Lipinski definition) is 1. The van der Waals surface area contributed by atoms with Crippen molar-refractivity contribution in [2.45, 2.75) is 31.8 Å². The highest BCUT2D eigenvalue weighted by molar-refractivity contribution is 5.85. The van der Waals surface area contributed by atoms with Gasteiger partial charge < -0.3 is 9.88 Å². The van der Waals surface area contributed by atoms with E-state index in [4.69, 9.17) is 0 Å². The smallest absolute Gasteiger partial charge is 0.242 e. The molecule has 1 atom stereocenters. The minimum absolute atomic E-state index is 0.000684. The van der Waals surface area contributed by atoms with E-state index in [1.165, 1.54) is 12.1 Å². The van der Waals surface area contributed by atoms with Gasteiger partial charge in [0.25, 0.3) is 0 Å². The molecule has 0 radical (unpaired) electrons. The lowest BCUT2D eigenvalue weighted by molar-refractivity contribution is -0.123. The SMILES string of the molecule is CC(C(=O)NC1CC1)n1ccc2ccc(F)cc21. The topological polar surface area (TPSA) is 34.0 Å². The van der Waals surface area contributed by atoms with Gasteiger partial charge in [0.1, 0.15) is 11.9 Å². The molecule has 1 amide bonds. The van der Waals surface area contributed by atoms with E-state index in [9.17, 15) is 9.18 Å². The first-order valence-corrected chi connectivity index (χ1v) is 6.21. The van der Waals surface area contributed by atoms with Crippen LogP contribution in [0.25, 0.3) is 10.9 Å². The Morgan fingerprint density at radius 2 is 2.22 bits per heavy atom. The Bertz CT molecular complexity index is 601. The van der Waals surface area contributed by atoms with E-state index in [0.717, 1.165) is 23.7 Å². The van der Waals surface area contributed by atoms with Crippen molar-refractivity contribution >= 4 is 16.8 Å². The molecule has 0 spiro atoms. The first kappa shape index (κ1) is 11.3. The fraction of sp³-hybridized carbons (Fsp3) is 0.357. The van der Waals surface area contributed by atoms with E-state index in [1.807, 2.05) is 23.8 Å². The maximum absolute atomic E-state index is 13.3. The van der Waals surface area contributed by atoms with Gasteiger partial charge in [-0.1, -0.05) is 0 Å². The molecular formula is C14H15FN2O.